The lowest BCUT2D eigenvalue weighted by Crippen LogP contribution is -2.47. The maximum absolute atomic E-state index is 13.5. The Balaban J connectivity index is 2.53. The molecule has 19 heavy (non-hydrogen) atoms. The van der Waals surface area contributed by atoms with Crippen molar-refractivity contribution in [1.29, 1.82) is 0 Å². The second kappa shape index (κ2) is 4.38. The second-order valence-electron chi connectivity index (χ2n) is 5.17. The average molecular weight is 276 g/mol. The Morgan fingerprint density at radius 1 is 1.00 bits per heavy atom. The smallest absolute Gasteiger partial charge is 0.0495 e. The van der Waals surface area contributed by atoms with Crippen LogP contribution in [0.5, 0.6) is 0 Å². The lowest BCUT2D eigenvalue weighted by Gasteiger charge is -2.45. The maximum atomic E-state index is 13.5. The molecule has 2 aromatic carbocycles. The number of anilines is 2. The van der Waals surface area contributed by atoms with Crippen LogP contribution in [0.4, 0.5) is 11.4 Å². The normalized spacial score (nSPS) is 13.5. The van der Waals surface area contributed by atoms with E-state index in [2.05, 4.69) is 0 Å². The molecule has 0 heterocycles. The van der Waals surface area contributed by atoms with Crippen LogP contribution in [0.1, 0.15) is 0 Å². The first-order valence-corrected chi connectivity index (χ1v) is 8.80. The average Bonchev–Trinajstić information content (AvgIpc) is 2.38. The zero-order valence-corrected chi connectivity index (χ0v) is 12.4. The molecule has 0 radical (unpaired) electrons. The highest BCUT2D eigenvalue weighted by Crippen LogP contribution is 2.36. The van der Waals surface area contributed by atoms with Crippen LogP contribution < -0.4 is 10.0 Å². The molecule has 102 valence electrons. The molecule has 0 bridgehead atoms. The molecule has 2 N–H and O–H groups in total. The Hall–Kier alpha value is -1.81. The van der Waals surface area contributed by atoms with Gasteiger partial charge in [-0.25, -0.2) is 0 Å². The summed E-state index contributed by atoms with van der Waals surface area (Å²) < 4.78 is 15.3. The van der Waals surface area contributed by atoms with Crippen molar-refractivity contribution in [3.05, 3.63) is 54.6 Å². The van der Waals surface area contributed by atoms with Crippen LogP contribution >= 0.6 is 0 Å². The van der Waals surface area contributed by atoms with Crippen molar-refractivity contribution in [3.8, 4) is 0 Å². The third-order valence-electron chi connectivity index (χ3n) is 3.45. The van der Waals surface area contributed by atoms with Crippen LogP contribution in [0.15, 0.2) is 59.5 Å². The first-order chi connectivity index (χ1) is 8.80. The Morgan fingerprint density at radius 2 is 1.63 bits per heavy atom. The third kappa shape index (κ3) is 2.49. The molecular formula is C15H20N2OS. The van der Waals surface area contributed by atoms with E-state index in [4.69, 9.17) is 5.73 Å². The van der Waals surface area contributed by atoms with Crippen LogP contribution in [0.2, 0.25) is 0 Å². The summed E-state index contributed by atoms with van der Waals surface area (Å²) in [5.74, 6) is 0. The number of hydrogen-bond donors (Lipinski definition) is 1. The van der Waals surface area contributed by atoms with E-state index in [0.717, 1.165) is 10.6 Å². The molecule has 0 atom stereocenters. The van der Waals surface area contributed by atoms with E-state index in [-0.39, 0.29) is 0 Å². The predicted molar refractivity (Wildman–Crippen MR) is 84.0 cm³/mol. The van der Waals surface area contributed by atoms with Gasteiger partial charge >= 0.3 is 0 Å². The van der Waals surface area contributed by atoms with Gasteiger partial charge in [0, 0.05) is 35.8 Å². The minimum atomic E-state index is -3.12. The molecule has 0 fully saturated rings. The summed E-state index contributed by atoms with van der Waals surface area (Å²) >= 11 is 0. The van der Waals surface area contributed by atoms with Gasteiger partial charge in [0.2, 0.25) is 0 Å². The van der Waals surface area contributed by atoms with Crippen molar-refractivity contribution < 1.29 is 4.21 Å². The number of nitrogens with two attached hydrogens (primary N) is 1. The van der Waals surface area contributed by atoms with Gasteiger partial charge in [0.05, 0.1) is 0 Å². The molecule has 0 aromatic heterocycles. The summed E-state index contributed by atoms with van der Waals surface area (Å²) in [6.07, 6.45) is 3.57. The van der Waals surface area contributed by atoms with E-state index in [9.17, 15) is 4.21 Å². The predicted octanol–water partition coefficient (Wildman–Crippen LogP) is 2.76. The fourth-order valence-corrected chi connectivity index (χ4v) is 3.97. The van der Waals surface area contributed by atoms with Gasteiger partial charge in [-0.2, -0.15) is 0 Å². The van der Waals surface area contributed by atoms with Crippen molar-refractivity contribution >= 4 is 20.6 Å². The molecule has 0 unspecified atom stereocenters. The SMILES string of the molecule is CN(c1cccc(N)c1)S(C)(C)(=O)c1ccccc1. The molecule has 0 aliphatic heterocycles. The second-order valence-corrected chi connectivity index (χ2v) is 9.72. The topological polar surface area (TPSA) is 46.3 Å². The van der Waals surface area contributed by atoms with Crippen molar-refractivity contribution in [2.24, 2.45) is 0 Å². The molecule has 0 aliphatic carbocycles. The summed E-state index contributed by atoms with van der Waals surface area (Å²) in [6, 6.07) is 17.0. The summed E-state index contributed by atoms with van der Waals surface area (Å²) in [4.78, 5) is 0.824. The van der Waals surface area contributed by atoms with E-state index in [1.165, 1.54) is 0 Å². The molecule has 0 saturated heterocycles. The Kier molecular flexibility index (Phi) is 3.14. The lowest BCUT2D eigenvalue weighted by molar-refractivity contribution is 0.662. The number of rotatable bonds is 3. The number of hydrogen-bond acceptors (Lipinski definition) is 2. The zero-order valence-electron chi connectivity index (χ0n) is 11.5. The number of benzene rings is 2. The minimum absolute atomic E-state index is 0.667. The van der Waals surface area contributed by atoms with Gasteiger partial charge < -0.3 is 10.0 Å². The van der Waals surface area contributed by atoms with Crippen LogP contribution in [0, 0.1) is 0 Å². The molecule has 2 rings (SSSR count). The van der Waals surface area contributed by atoms with Crippen molar-refractivity contribution in [3.63, 3.8) is 0 Å². The fraction of sp³-hybridized carbons (Fsp3) is 0.200. The fourth-order valence-electron chi connectivity index (χ4n) is 1.99. The standard InChI is InChI=1S/C15H20N2OS/c1-17(14-9-7-8-13(16)12-14)19(2,3,18)15-10-5-4-6-11-15/h4-12H,16H2,1-3H3. The van der Waals surface area contributed by atoms with Gasteiger partial charge in [-0.05, 0) is 39.6 Å². The highest BCUT2D eigenvalue weighted by atomic mass is 32.3. The van der Waals surface area contributed by atoms with Crippen molar-refractivity contribution in [2.75, 3.05) is 29.6 Å². The van der Waals surface area contributed by atoms with Crippen LogP contribution in [-0.2, 0) is 9.25 Å². The van der Waals surface area contributed by atoms with Crippen molar-refractivity contribution in [1.82, 2.24) is 0 Å². The number of nitrogens with zero attached hydrogens (tertiary/aromatic N) is 1. The quantitative estimate of drug-likeness (QED) is 0.876. The van der Waals surface area contributed by atoms with Crippen LogP contribution in [0.25, 0.3) is 0 Å². The first kappa shape index (κ1) is 13.6. The van der Waals surface area contributed by atoms with Gasteiger partial charge in [-0.3, -0.25) is 4.21 Å². The van der Waals surface area contributed by atoms with Gasteiger partial charge in [-0.15, -0.1) is 0 Å². The first-order valence-electron chi connectivity index (χ1n) is 6.06. The molecule has 0 amide bonds. The largest absolute Gasteiger partial charge is 0.399 e. The maximum Gasteiger partial charge on any atom is 0.0495 e. The Bertz CT molecular complexity index is 646. The van der Waals surface area contributed by atoms with E-state index in [1.807, 2.05) is 66.0 Å². The number of nitrogen functional groups attached to an aromatic ring is 1. The molecular weight excluding hydrogens is 256 g/mol. The van der Waals surface area contributed by atoms with Crippen LogP contribution in [-0.4, -0.2) is 23.8 Å². The van der Waals surface area contributed by atoms with E-state index < -0.39 is 9.25 Å². The summed E-state index contributed by atoms with van der Waals surface area (Å²) in [5.41, 5.74) is 7.32. The van der Waals surface area contributed by atoms with Gasteiger partial charge in [-0.1, -0.05) is 24.3 Å². The highest BCUT2D eigenvalue weighted by Gasteiger charge is 2.32. The monoisotopic (exact) mass is 276 g/mol. The molecule has 4 heteroatoms. The highest BCUT2D eigenvalue weighted by molar-refractivity contribution is 8.19. The van der Waals surface area contributed by atoms with Gasteiger partial charge in [0.15, 0.2) is 0 Å². The van der Waals surface area contributed by atoms with E-state index >= 15 is 0 Å². The molecule has 0 spiro atoms. The van der Waals surface area contributed by atoms with E-state index in [1.54, 1.807) is 12.5 Å². The van der Waals surface area contributed by atoms with Crippen LogP contribution in [0.3, 0.4) is 0 Å². The summed E-state index contributed by atoms with van der Waals surface area (Å²) in [7, 11) is -1.28. The third-order valence-corrected chi connectivity index (χ3v) is 6.87. The summed E-state index contributed by atoms with van der Waals surface area (Å²) in [5, 5.41) is 0. The van der Waals surface area contributed by atoms with E-state index in [0.29, 0.717) is 5.69 Å². The zero-order chi connectivity index (χ0) is 14.1. The molecule has 2 aromatic rings. The molecule has 3 nitrogen and oxygen atoms in total. The Labute approximate surface area is 114 Å². The lowest BCUT2D eigenvalue weighted by atomic mass is 10.3. The molecule has 0 aliphatic rings. The van der Waals surface area contributed by atoms with Crippen molar-refractivity contribution in [2.45, 2.75) is 4.90 Å². The Morgan fingerprint density at radius 3 is 2.21 bits per heavy atom. The minimum Gasteiger partial charge on any atom is -0.399 e. The van der Waals surface area contributed by atoms with Gasteiger partial charge in [0.25, 0.3) is 0 Å². The molecule has 0 saturated carbocycles. The summed E-state index contributed by atoms with van der Waals surface area (Å²) in [6.45, 7) is 0. The van der Waals surface area contributed by atoms with Gasteiger partial charge in [0.1, 0.15) is 0 Å².